The van der Waals surface area contributed by atoms with Gasteiger partial charge in [-0.2, -0.15) is 0 Å². The van der Waals surface area contributed by atoms with Crippen molar-refractivity contribution in [2.45, 2.75) is 12.5 Å². The lowest BCUT2D eigenvalue weighted by atomic mass is 10.2. The Kier molecular flexibility index (Phi) is 2.27. The Labute approximate surface area is 48.8 Å². The van der Waals surface area contributed by atoms with Crippen LogP contribution >= 0.6 is 0 Å². The minimum atomic E-state index is 0.178. The largest absolute Gasteiger partial charge is 0.355 e. The number of hydrogen-bond acceptors (Lipinski definition) is 3. The Hall–Kier alpha value is -0.120. The normalized spacial score (nSPS) is 31.9. The van der Waals surface area contributed by atoms with Gasteiger partial charge in [-0.1, -0.05) is 0 Å². The van der Waals surface area contributed by atoms with Crippen molar-refractivity contribution in [2.24, 2.45) is 5.73 Å². The van der Waals surface area contributed by atoms with E-state index in [1.54, 1.807) is 0 Å². The Morgan fingerprint density at radius 3 is 3.12 bits per heavy atom. The molecule has 0 saturated carbocycles. The molecule has 8 heavy (non-hydrogen) atoms. The summed E-state index contributed by atoms with van der Waals surface area (Å²) < 4.78 is 9.92. The summed E-state index contributed by atoms with van der Waals surface area (Å²) in [6, 6.07) is 0.178. The average Bonchev–Trinajstić information content (AvgIpc) is 1.94. The molecule has 1 unspecified atom stereocenters. The van der Waals surface area contributed by atoms with Gasteiger partial charge in [-0.05, 0) is 6.42 Å². The molecule has 3 heteroatoms. The number of ether oxygens (including phenoxy) is 2. The summed E-state index contributed by atoms with van der Waals surface area (Å²) in [7, 11) is 0. The van der Waals surface area contributed by atoms with Crippen molar-refractivity contribution in [3.05, 3.63) is 0 Å². The smallest absolute Gasteiger partial charge is 0.146 e. The highest BCUT2D eigenvalue weighted by Crippen LogP contribution is 1.95. The summed E-state index contributed by atoms with van der Waals surface area (Å²) in [5, 5.41) is 0. The van der Waals surface area contributed by atoms with Crippen molar-refractivity contribution >= 4 is 0 Å². The summed E-state index contributed by atoms with van der Waals surface area (Å²) in [6.07, 6.45) is 0.917. The van der Waals surface area contributed by atoms with Gasteiger partial charge < -0.3 is 15.2 Å². The Balaban J connectivity index is 2.17. The van der Waals surface area contributed by atoms with E-state index in [9.17, 15) is 0 Å². The molecule has 0 aromatic carbocycles. The second-order valence-electron chi connectivity index (χ2n) is 1.95. The Bertz CT molecular complexity index is 59.4. The topological polar surface area (TPSA) is 44.5 Å². The van der Waals surface area contributed by atoms with Crippen LogP contribution < -0.4 is 5.73 Å². The van der Waals surface area contributed by atoms with Crippen molar-refractivity contribution in [3.63, 3.8) is 0 Å². The zero-order valence-corrected chi connectivity index (χ0v) is 4.80. The minimum Gasteiger partial charge on any atom is -0.355 e. The van der Waals surface area contributed by atoms with E-state index >= 15 is 0 Å². The van der Waals surface area contributed by atoms with Crippen molar-refractivity contribution in [1.29, 1.82) is 0 Å². The summed E-state index contributed by atoms with van der Waals surface area (Å²) in [6.45, 7) is 1.79. The molecule has 0 aromatic rings. The van der Waals surface area contributed by atoms with Crippen LogP contribution in [-0.4, -0.2) is 26.0 Å². The molecule has 3 nitrogen and oxygen atoms in total. The lowest BCUT2D eigenvalue weighted by Gasteiger charge is -2.02. The van der Waals surface area contributed by atoms with Crippen LogP contribution in [0.4, 0.5) is 0 Å². The van der Waals surface area contributed by atoms with Gasteiger partial charge in [0.1, 0.15) is 6.79 Å². The molecule has 0 aliphatic carbocycles. The summed E-state index contributed by atoms with van der Waals surface area (Å²) in [5.74, 6) is 0. The maximum atomic E-state index is 5.53. The number of rotatable bonds is 0. The first-order valence-corrected chi connectivity index (χ1v) is 2.80. The highest BCUT2D eigenvalue weighted by Gasteiger charge is 2.05. The molecule has 0 aromatic heterocycles. The van der Waals surface area contributed by atoms with Gasteiger partial charge in [0.15, 0.2) is 0 Å². The van der Waals surface area contributed by atoms with Gasteiger partial charge in [-0.25, -0.2) is 0 Å². The fourth-order valence-corrected chi connectivity index (χ4v) is 0.635. The predicted octanol–water partition coefficient (Wildman–Crippen LogP) is -0.292. The summed E-state index contributed by atoms with van der Waals surface area (Å²) >= 11 is 0. The fraction of sp³-hybridized carbons (Fsp3) is 1.00. The van der Waals surface area contributed by atoms with Crippen LogP contribution in [0.25, 0.3) is 0 Å². The number of hydrogen-bond donors (Lipinski definition) is 1. The predicted molar refractivity (Wildman–Crippen MR) is 29.4 cm³/mol. The standard InChI is InChI=1S/C5H11NO2/c6-5-1-2-7-4-8-3-5/h5H,1-4,6H2. The molecule has 1 fully saturated rings. The highest BCUT2D eigenvalue weighted by molar-refractivity contribution is 4.59. The first-order valence-electron chi connectivity index (χ1n) is 2.80. The maximum Gasteiger partial charge on any atom is 0.146 e. The van der Waals surface area contributed by atoms with Gasteiger partial charge in [0.05, 0.1) is 13.2 Å². The molecule has 0 amide bonds. The molecule has 0 radical (unpaired) electrons. The molecule has 48 valence electrons. The monoisotopic (exact) mass is 117 g/mol. The fourth-order valence-electron chi connectivity index (χ4n) is 0.635. The molecular weight excluding hydrogens is 106 g/mol. The average molecular weight is 117 g/mol. The third-order valence-electron chi connectivity index (χ3n) is 1.13. The SMILES string of the molecule is NC1CCOCOC1. The number of nitrogens with two attached hydrogens (primary N) is 1. The molecule has 1 aliphatic rings. The van der Waals surface area contributed by atoms with E-state index in [0.717, 1.165) is 13.0 Å². The quantitative estimate of drug-likeness (QED) is 0.474. The maximum absolute atomic E-state index is 5.53. The lowest BCUT2D eigenvalue weighted by molar-refractivity contribution is -0.0329. The van der Waals surface area contributed by atoms with E-state index in [1.165, 1.54) is 0 Å². The first kappa shape index (κ1) is 6.01. The van der Waals surface area contributed by atoms with Gasteiger partial charge in [0.25, 0.3) is 0 Å². The van der Waals surface area contributed by atoms with Crippen LogP contribution in [0, 0.1) is 0 Å². The molecule has 0 spiro atoms. The second-order valence-corrected chi connectivity index (χ2v) is 1.95. The van der Waals surface area contributed by atoms with E-state index in [0.29, 0.717) is 13.4 Å². The molecule has 0 bridgehead atoms. The van der Waals surface area contributed by atoms with Crippen molar-refractivity contribution in [3.8, 4) is 0 Å². The van der Waals surface area contributed by atoms with Crippen molar-refractivity contribution < 1.29 is 9.47 Å². The van der Waals surface area contributed by atoms with Gasteiger partial charge in [-0.15, -0.1) is 0 Å². The van der Waals surface area contributed by atoms with Crippen LogP contribution in [-0.2, 0) is 9.47 Å². The van der Waals surface area contributed by atoms with E-state index in [4.69, 9.17) is 15.2 Å². The third-order valence-corrected chi connectivity index (χ3v) is 1.13. The van der Waals surface area contributed by atoms with Crippen molar-refractivity contribution in [2.75, 3.05) is 20.0 Å². The zero-order valence-electron chi connectivity index (χ0n) is 4.80. The molecular formula is C5H11NO2. The van der Waals surface area contributed by atoms with E-state index in [1.807, 2.05) is 0 Å². The van der Waals surface area contributed by atoms with Crippen LogP contribution in [0.5, 0.6) is 0 Å². The molecule has 1 atom stereocenters. The molecule has 1 heterocycles. The summed E-state index contributed by atoms with van der Waals surface area (Å²) in [4.78, 5) is 0. The Morgan fingerprint density at radius 1 is 1.38 bits per heavy atom. The van der Waals surface area contributed by atoms with Gasteiger partial charge in [0.2, 0.25) is 0 Å². The molecule has 1 aliphatic heterocycles. The van der Waals surface area contributed by atoms with E-state index in [2.05, 4.69) is 0 Å². The second kappa shape index (κ2) is 3.02. The Morgan fingerprint density at radius 2 is 2.25 bits per heavy atom. The van der Waals surface area contributed by atoms with Gasteiger partial charge in [-0.3, -0.25) is 0 Å². The minimum absolute atomic E-state index is 0.178. The van der Waals surface area contributed by atoms with Crippen molar-refractivity contribution in [1.82, 2.24) is 0 Å². The van der Waals surface area contributed by atoms with Crippen LogP contribution in [0.1, 0.15) is 6.42 Å². The molecule has 1 rings (SSSR count). The third kappa shape index (κ3) is 1.78. The molecule has 1 saturated heterocycles. The van der Waals surface area contributed by atoms with E-state index < -0.39 is 0 Å². The van der Waals surface area contributed by atoms with Gasteiger partial charge in [0, 0.05) is 6.04 Å². The van der Waals surface area contributed by atoms with E-state index in [-0.39, 0.29) is 6.04 Å². The van der Waals surface area contributed by atoms with Crippen LogP contribution in [0.3, 0.4) is 0 Å². The molecule has 2 N–H and O–H groups in total. The zero-order chi connectivity index (χ0) is 5.82. The lowest BCUT2D eigenvalue weighted by Crippen LogP contribution is -2.24. The first-order chi connectivity index (χ1) is 3.89. The highest BCUT2D eigenvalue weighted by atomic mass is 16.7. The van der Waals surface area contributed by atoms with Gasteiger partial charge >= 0.3 is 0 Å². The van der Waals surface area contributed by atoms with Crippen LogP contribution in [0.15, 0.2) is 0 Å². The summed E-state index contributed by atoms with van der Waals surface area (Å²) in [5.41, 5.74) is 5.53. The van der Waals surface area contributed by atoms with Crippen LogP contribution in [0.2, 0.25) is 0 Å².